The summed E-state index contributed by atoms with van der Waals surface area (Å²) in [4.78, 5) is 17.6. The number of ether oxygens (including phenoxy) is 2. The van der Waals surface area contributed by atoms with Gasteiger partial charge in [-0.3, -0.25) is 14.6 Å². The third kappa shape index (κ3) is 6.84. The van der Waals surface area contributed by atoms with E-state index in [1.54, 1.807) is 0 Å². The molecule has 0 bridgehead atoms. The summed E-state index contributed by atoms with van der Waals surface area (Å²) in [5, 5.41) is 3.26. The number of benzene rings is 2. The molecule has 1 saturated heterocycles. The molecule has 6 nitrogen and oxygen atoms in total. The minimum atomic E-state index is -0.0611. The van der Waals surface area contributed by atoms with Gasteiger partial charge in [0.2, 0.25) is 5.91 Å². The molecule has 0 aromatic heterocycles. The van der Waals surface area contributed by atoms with Crippen molar-refractivity contribution in [3.63, 3.8) is 0 Å². The number of amides is 1. The van der Waals surface area contributed by atoms with Crippen LogP contribution >= 0.6 is 0 Å². The molecule has 0 saturated carbocycles. The molecule has 0 radical (unpaired) electrons. The van der Waals surface area contributed by atoms with Gasteiger partial charge >= 0.3 is 0 Å². The number of hydrogen-bond donors (Lipinski definition) is 1. The number of rotatable bonds is 8. The van der Waals surface area contributed by atoms with E-state index in [4.69, 9.17) is 9.47 Å². The molecule has 1 amide bonds. The van der Waals surface area contributed by atoms with Crippen molar-refractivity contribution in [1.82, 2.24) is 15.1 Å². The summed E-state index contributed by atoms with van der Waals surface area (Å²) < 4.78 is 11.6. The van der Waals surface area contributed by atoms with Crippen LogP contribution in [0.4, 0.5) is 0 Å². The van der Waals surface area contributed by atoms with Gasteiger partial charge in [0.05, 0.1) is 25.8 Å². The molecule has 4 rings (SSSR count). The lowest BCUT2D eigenvalue weighted by molar-refractivity contribution is -0.123. The Labute approximate surface area is 203 Å². The lowest BCUT2D eigenvalue weighted by Crippen LogP contribution is -2.49. The fourth-order valence-electron chi connectivity index (χ4n) is 4.46. The zero-order chi connectivity index (χ0) is 23.8. The Kier molecular flexibility index (Phi) is 8.61. The summed E-state index contributed by atoms with van der Waals surface area (Å²) in [5.74, 6) is 1.89. The average Bonchev–Trinajstić information content (AvgIpc) is 3.09. The van der Waals surface area contributed by atoms with Gasteiger partial charge < -0.3 is 14.8 Å². The summed E-state index contributed by atoms with van der Waals surface area (Å²) >= 11 is 0. The molecule has 182 valence electrons. The topological polar surface area (TPSA) is 54.0 Å². The van der Waals surface area contributed by atoms with Crippen LogP contribution in [-0.4, -0.2) is 68.2 Å². The molecule has 2 aliphatic heterocycles. The third-order valence-corrected chi connectivity index (χ3v) is 6.42. The van der Waals surface area contributed by atoms with E-state index in [-0.39, 0.29) is 17.9 Å². The van der Waals surface area contributed by atoms with E-state index in [1.807, 2.05) is 24.3 Å². The van der Waals surface area contributed by atoms with Crippen LogP contribution in [0.5, 0.6) is 11.5 Å². The molecule has 1 unspecified atom stereocenters. The van der Waals surface area contributed by atoms with Gasteiger partial charge in [-0.2, -0.15) is 0 Å². The van der Waals surface area contributed by atoms with Crippen LogP contribution in [-0.2, 0) is 4.79 Å². The van der Waals surface area contributed by atoms with Gasteiger partial charge in [-0.25, -0.2) is 0 Å². The van der Waals surface area contributed by atoms with Gasteiger partial charge in [0.15, 0.2) is 11.5 Å². The first kappa shape index (κ1) is 24.3. The normalized spacial score (nSPS) is 18.1. The highest BCUT2D eigenvalue weighted by molar-refractivity contribution is 5.78. The monoisotopic (exact) mass is 463 g/mol. The first-order chi connectivity index (χ1) is 16.6. The molecule has 2 aromatic rings. The second-order valence-electron chi connectivity index (χ2n) is 9.44. The Bertz CT molecular complexity index is 953. The summed E-state index contributed by atoms with van der Waals surface area (Å²) in [6, 6.07) is 16.3. The fraction of sp³-hybridized carbons (Fsp3) is 0.464. The maximum Gasteiger partial charge on any atom is 0.234 e. The minimum absolute atomic E-state index is 0.0611. The van der Waals surface area contributed by atoms with Crippen molar-refractivity contribution in [2.75, 3.05) is 52.5 Å². The maximum absolute atomic E-state index is 12.9. The van der Waals surface area contributed by atoms with Crippen LogP contribution in [0.15, 0.2) is 54.6 Å². The van der Waals surface area contributed by atoms with Crippen LogP contribution in [0, 0.1) is 5.92 Å². The molecule has 2 aromatic carbocycles. The van der Waals surface area contributed by atoms with Crippen molar-refractivity contribution in [3.05, 3.63) is 65.7 Å². The van der Waals surface area contributed by atoms with Gasteiger partial charge in [-0.15, -0.1) is 0 Å². The maximum atomic E-state index is 12.9. The van der Waals surface area contributed by atoms with Gasteiger partial charge in [0.25, 0.3) is 0 Å². The van der Waals surface area contributed by atoms with E-state index in [2.05, 4.69) is 65.4 Å². The smallest absolute Gasteiger partial charge is 0.234 e. The first-order valence-corrected chi connectivity index (χ1v) is 12.4. The molecule has 0 spiro atoms. The molecular weight excluding hydrogens is 426 g/mol. The number of nitrogens with one attached hydrogen (secondary N) is 1. The Morgan fingerprint density at radius 2 is 1.68 bits per heavy atom. The molecule has 1 N–H and O–H groups in total. The number of nitrogens with zero attached hydrogens (tertiary/aromatic N) is 2. The Morgan fingerprint density at radius 1 is 0.971 bits per heavy atom. The van der Waals surface area contributed by atoms with Crippen LogP contribution in [0.1, 0.15) is 37.4 Å². The molecule has 6 heteroatoms. The van der Waals surface area contributed by atoms with Crippen LogP contribution < -0.4 is 14.8 Å². The highest BCUT2D eigenvalue weighted by Crippen LogP contribution is 2.34. The Hall–Kier alpha value is -2.83. The van der Waals surface area contributed by atoms with Gasteiger partial charge in [-0.05, 0) is 29.2 Å². The second kappa shape index (κ2) is 12.0. The summed E-state index contributed by atoms with van der Waals surface area (Å²) in [6.45, 7) is 10.7. The predicted octanol–water partition coefficient (Wildman–Crippen LogP) is 3.99. The zero-order valence-corrected chi connectivity index (χ0v) is 20.4. The molecule has 2 aliphatic rings. The highest BCUT2D eigenvalue weighted by Gasteiger charge is 2.23. The van der Waals surface area contributed by atoms with Gasteiger partial charge in [0.1, 0.15) is 0 Å². The lowest BCUT2D eigenvalue weighted by atomic mass is 9.95. The fourth-order valence-corrected chi connectivity index (χ4v) is 4.46. The highest BCUT2D eigenvalue weighted by atomic mass is 16.5. The molecule has 1 fully saturated rings. The van der Waals surface area contributed by atoms with E-state index in [0.717, 1.165) is 56.2 Å². The Morgan fingerprint density at radius 3 is 2.41 bits per heavy atom. The molecule has 34 heavy (non-hydrogen) atoms. The molecule has 2 heterocycles. The SMILES string of the molecule is CC(C)C(NC(=O)CN1CCN(C/C=C/c2ccccc2)CC1)c1ccc2c(c1)OCCCO2. The quantitative estimate of drug-likeness (QED) is 0.642. The van der Waals surface area contributed by atoms with Gasteiger partial charge in [-0.1, -0.05) is 62.4 Å². The van der Waals surface area contributed by atoms with Crippen molar-refractivity contribution in [2.24, 2.45) is 5.92 Å². The number of hydrogen-bond acceptors (Lipinski definition) is 5. The second-order valence-corrected chi connectivity index (χ2v) is 9.44. The summed E-state index contributed by atoms with van der Waals surface area (Å²) in [6.07, 6.45) is 5.27. The molecule has 0 aliphatic carbocycles. The van der Waals surface area contributed by atoms with E-state index in [1.165, 1.54) is 5.56 Å². The average molecular weight is 464 g/mol. The van der Waals surface area contributed by atoms with Crippen LogP contribution in [0.2, 0.25) is 0 Å². The predicted molar refractivity (Wildman–Crippen MR) is 136 cm³/mol. The van der Waals surface area contributed by atoms with E-state index >= 15 is 0 Å². The van der Waals surface area contributed by atoms with E-state index < -0.39 is 0 Å². The van der Waals surface area contributed by atoms with Crippen molar-refractivity contribution in [2.45, 2.75) is 26.3 Å². The molecule has 1 atom stereocenters. The third-order valence-electron chi connectivity index (χ3n) is 6.42. The standard InChI is InChI=1S/C28H37N3O3/c1-22(2)28(24-11-12-25-26(20-24)34-19-7-18-33-25)29-27(32)21-31-16-14-30(15-17-31)13-6-10-23-8-4-3-5-9-23/h3-6,8-12,20,22,28H,7,13-19,21H2,1-2H3,(H,29,32)/b10-6+. The van der Waals surface area contributed by atoms with Crippen molar-refractivity contribution < 1.29 is 14.3 Å². The lowest BCUT2D eigenvalue weighted by Gasteiger charge is -2.34. The Balaban J connectivity index is 1.25. The van der Waals surface area contributed by atoms with Gasteiger partial charge in [0, 0.05) is 39.1 Å². The van der Waals surface area contributed by atoms with Crippen LogP contribution in [0.3, 0.4) is 0 Å². The van der Waals surface area contributed by atoms with Crippen LogP contribution in [0.25, 0.3) is 6.08 Å². The minimum Gasteiger partial charge on any atom is -0.490 e. The summed E-state index contributed by atoms with van der Waals surface area (Å²) in [7, 11) is 0. The molecular formula is C28H37N3O3. The number of piperazine rings is 1. The number of carbonyl (C=O) groups is 1. The van der Waals surface area contributed by atoms with Crippen molar-refractivity contribution in [1.29, 1.82) is 0 Å². The van der Waals surface area contributed by atoms with Crippen molar-refractivity contribution in [3.8, 4) is 11.5 Å². The first-order valence-electron chi connectivity index (χ1n) is 12.4. The van der Waals surface area contributed by atoms with Crippen molar-refractivity contribution >= 4 is 12.0 Å². The summed E-state index contributed by atoms with van der Waals surface area (Å²) in [5.41, 5.74) is 2.29. The number of carbonyl (C=O) groups excluding carboxylic acids is 1. The number of fused-ring (bicyclic) bond motifs is 1. The zero-order valence-electron chi connectivity index (χ0n) is 20.4. The van der Waals surface area contributed by atoms with E-state index in [9.17, 15) is 4.79 Å². The largest absolute Gasteiger partial charge is 0.490 e. The van der Waals surface area contributed by atoms with E-state index in [0.29, 0.717) is 19.8 Å².